The SMILES string of the molecule is O=C(Nc1ccccc1F)N1CCC2(CC1)CC(CCOCc1ccccc1)CCO2. The van der Waals surface area contributed by atoms with Gasteiger partial charge in [-0.1, -0.05) is 42.5 Å². The van der Waals surface area contributed by atoms with Crippen LogP contribution < -0.4 is 5.32 Å². The number of para-hydroxylation sites is 1. The number of carbonyl (C=O) groups excluding carboxylic acids is 1. The van der Waals surface area contributed by atoms with Crippen molar-refractivity contribution >= 4 is 11.7 Å². The number of halogens is 1. The first kappa shape index (κ1) is 21.8. The smallest absolute Gasteiger partial charge is 0.321 e. The lowest BCUT2D eigenvalue weighted by molar-refractivity contribution is -0.125. The van der Waals surface area contributed by atoms with Gasteiger partial charge in [-0.3, -0.25) is 0 Å². The van der Waals surface area contributed by atoms with Gasteiger partial charge in [0.1, 0.15) is 5.82 Å². The molecule has 0 aliphatic carbocycles. The van der Waals surface area contributed by atoms with Gasteiger partial charge in [0, 0.05) is 26.3 Å². The van der Waals surface area contributed by atoms with Gasteiger partial charge in [0.2, 0.25) is 0 Å². The maximum atomic E-state index is 13.8. The van der Waals surface area contributed by atoms with E-state index >= 15 is 0 Å². The molecule has 1 atom stereocenters. The van der Waals surface area contributed by atoms with E-state index < -0.39 is 5.82 Å². The molecule has 2 aliphatic rings. The number of likely N-dealkylation sites (tertiary alicyclic amines) is 1. The minimum absolute atomic E-state index is 0.142. The number of amides is 2. The number of ether oxygens (including phenoxy) is 2. The standard InChI is InChI=1S/C25H31FN2O3/c26-22-8-4-5-9-23(22)27-24(29)28-14-12-25(13-15-28)18-20(11-17-31-25)10-16-30-19-21-6-2-1-3-7-21/h1-9,20H,10-19H2,(H,27,29). The summed E-state index contributed by atoms with van der Waals surface area (Å²) in [6, 6.07) is 16.2. The molecule has 1 spiro atoms. The Morgan fingerprint density at radius 2 is 1.87 bits per heavy atom. The van der Waals surface area contributed by atoms with E-state index in [1.165, 1.54) is 11.6 Å². The Bertz CT molecular complexity index is 853. The Labute approximate surface area is 183 Å². The number of rotatable bonds is 6. The molecular formula is C25H31FN2O3. The number of anilines is 1. The van der Waals surface area contributed by atoms with Crippen LogP contribution in [0.5, 0.6) is 0 Å². The largest absolute Gasteiger partial charge is 0.377 e. The number of hydrogen-bond acceptors (Lipinski definition) is 3. The number of hydrogen-bond donors (Lipinski definition) is 1. The minimum Gasteiger partial charge on any atom is -0.377 e. The molecule has 2 amide bonds. The van der Waals surface area contributed by atoms with Gasteiger partial charge in [-0.2, -0.15) is 0 Å². The van der Waals surface area contributed by atoms with Crippen molar-refractivity contribution in [3.05, 3.63) is 66.0 Å². The van der Waals surface area contributed by atoms with Crippen molar-refractivity contribution in [2.45, 2.75) is 44.3 Å². The molecule has 2 aliphatic heterocycles. The summed E-state index contributed by atoms with van der Waals surface area (Å²) in [6.45, 7) is 3.42. The molecule has 2 saturated heterocycles. The molecule has 0 aromatic heterocycles. The predicted octanol–water partition coefficient (Wildman–Crippen LogP) is 5.23. The molecule has 0 saturated carbocycles. The molecule has 31 heavy (non-hydrogen) atoms. The lowest BCUT2D eigenvalue weighted by Gasteiger charge is -2.46. The van der Waals surface area contributed by atoms with E-state index in [0.717, 1.165) is 45.3 Å². The number of piperidine rings is 1. The first-order valence-corrected chi connectivity index (χ1v) is 11.2. The second-order valence-corrected chi connectivity index (χ2v) is 8.61. The molecule has 2 aromatic rings. The minimum atomic E-state index is -0.419. The van der Waals surface area contributed by atoms with Gasteiger partial charge in [-0.15, -0.1) is 0 Å². The summed E-state index contributed by atoms with van der Waals surface area (Å²) < 4.78 is 25.9. The van der Waals surface area contributed by atoms with Gasteiger partial charge in [-0.25, -0.2) is 9.18 Å². The van der Waals surface area contributed by atoms with Crippen LogP contribution >= 0.6 is 0 Å². The van der Waals surface area contributed by atoms with E-state index in [-0.39, 0.29) is 17.3 Å². The van der Waals surface area contributed by atoms with Crippen molar-refractivity contribution in [2.75, 3.05) is 31.6 Å². The molecule has 0 radical (unpaired) electrons. The average molecular weight is 427 g/mol. The van der Waals surface area contributed by atoms with Crippen molar-refractivity contribution in [3.63, 3.8) is 0 Å². The van der Waals surface area contributed by atoms with Crippen molar-refractivity contribution < 1.29 is 18.7 Å². The van der Waals surface area contributed by atoms with Crippen molar-refractivity contribution in [1.29, 1.82) is 0 Å². The molecule has 1 unspecified atom stereocenters. The molecule has 4 rings (SSSR count). The van der Waals surface area contributed by atoms with Gasteiger partial charge in [0.05, 0.1) is 17.9 Å². The van der Waals surface area contributed by atoms with Gasteiger partial charge in [0.15, 0.2) is 0 Å². The predicted molar refractivity (Wildman–Crippen MR) is 118 cm³/mol. The number of carbonyl (C=O) groups is 1. The van der Waals surface area contributed by atoms with E-state index in [9.17, 15) is 9.18 Å². The first-order chi connectivity index (χ1) is 15.1. The van der Waals surface area contributed by atoms with Gasteiger partial charge in [-0.05, 0) is 55.7 Å². The average Bonchev–Trinajstić information content (AvgIpc) is 2.80. The summed E-state index contributed by atoms with van der Waals surface area (Å²) in [7, 11) is 0. The van der Waals surface area contributed by atoms with Crippen molar-refractivity contribution in [2.24, 2.45) is 5.92 Å². The first-order valence-electron chi connectivity index (χ1n) is 11.2. The second-order valence-electron chi connectivity index (χ2n) is 8.61. The lowest BCUT2D eigenvalue weighted by Crippen LogP contribution is -2.51. The molecular weight excluding hydrogens is 395 g/mol. The van der Waals surface area contributed by atoms with Crippen molar-refractivity contribution in [1.82, 2.24) is 4.90 Å². The summed E-state index contributed by atoms with van der Waals surface area (Å²) in [5, 5.41) is 2.68. The van der Waals surface area contributed by atoms with E-state index in [4.69, 9.17) is 9.47 Å². The van der Waals surface area contributed by atoms with Gasteiger partial charge < -0.3 is 19.7 Å². The normalized spacial score (nSPS) is 20.5. The Hall–Kier alpha value is -2.44. The van der Waals surface area contributed by atoms with Crippen LogP contribution in [0.1, 0.15) is 37.7 Å². The lowest BCUT2D eigenvalue weighted by atomic mass is 9.78. The third kappa shape index (κ3) is 5.83. The molecule has 2 aromatic carbocycles. The third-order valence-electron chi connectivity index (χ3n) is 6.45. The molecule has 2 fully saturated rings. The fraction of sp³-hybridized carbons (Fsp3) is 0.480. The van der Waals surface area contributed by atoms with Crippen LogP contribution in [-0.2, 0) is 16.1 Å². The van der Waals surface area contributed by atoms with Crippen LogP contribution in [0.2, 0.25) is 0 Å². The van der Waals surface area contributed by atoms with E-state index in [1.54, 1.807) is 23.1 Å². The summed E-state index contributed by atoms with van der Waals surface area (Å²) in [4.78, 5) is 14.3. The number of urea groups is 1. The van der Waals surface area contributed by atoms with Gasteiger partial charge in [0.25, 0.3) is 0 Å². The Morgan fingerprint density at radius 1 is 1.13 bits per heavy atom. The zero-order valence-electron chi connectivity index (χ0n) is 17.9. The fourth-order valence-electron chi connectivity index (χ4n) is 4.61. The van der Waals surface area contributed by atoms with Crippen LogP contribution in [0.3, 0.4) is 0 Å². The topological polar surface area (TPSA) is 50.8 Å². The Morgan fingerprint density at radius 3 is 2.65 bits per heavy atom. The van der Waals surface area contributed by atoms with Crippen LogP contribution in [0.25, 0.3) is 0 Å². The highest BCUT2D eigenvalue weighted by molar-refractivity contribution is 5.89. The highest BCUT2D eigenvalue weighted by Crippen LogP contribution is 2.39. The van der Waals surface area contributed by atoms with Gasteiger partial charge >= 0.3 is 6.03 Å². The number of nitrogens with zero attached hydrogens (tertiary/aromatic N) is 1. The highest BCUT2D eigenvalue weighted by atomic mass is 19.1. The maximum Gasteiger partial charge on any atom is 0.321 e. The zero-order chi connectivity index (χ0) is 21.5. The molecule has 6 heteroatoms. The van der Waals surface area contributed by atoms with E-state index in [0.29, 0.717) is 25.6 Å². The quantitative estimate of drug-likeness (QED) is 0.644. The van der Waals surface area contributed by atoms with Crippen LogP contribution in [-0.4, -0.2) is 42.8 Å². The van der Waals surface area contributed by atoms with E-state index in [1.807, 2.05) is 18.2 Å². The fourth-order valence-corrected chi connectivity index (χ4v) is 4.61. The molecule has 5 nitrogen and oxygen atoms in total. The zero-order valence-corrected chi connectivity index (χ0v) is 17.9. The second kappa shape index (κ2) is 10.2. The van der Waals surface area contributed by atoms with E-state index in [2.05, 4.69) is 17.4 Å². The number of benzene rings is 2. The van der Waals surface area contributed by atoms with Crippen LogP contribution in [0.15, 0.2) is 54.6 Å². The highest BCUT2D eigenvalue weighted by Gasteiger charge is 2.41. The summed E-state index contributed by atoms with van der Waals surface area (Å²) in [5.41, 5.74) is 1.28. The molecule has 2 heterocycles. The molecule has 1 N–H and O–H groups in total. The van der Waals surface area contributed by atoms with Crippen LogP contribution in [0.4, 0.5) is 14.9 Å². The van der Waals surface area contributed by atoms with Crippen LogP contribution in [0, 0.1) is 11.7 Å². The van der Waals surface area contributed by atoms with Crippen molar-refractivity contribution in [3.8, 4) is 0 Å². The summed E-state index contributed by atoms with van der Waals surface area (Å²) in [5.74, 6) is 0.167. The Kier molecular flexibility index (Phi) is 7.20. The molecule has 166 valence electrons. The Balaban J connectivity index is 1.21. The number of nitrogens with one attached hydrogen (secondary N) is 1. The maximum absolute atomic E-state index is 13.8. The molecule has 0 bridgehead atoms. The monoisotopic (exact) mass is 426 g/mol. The summed E-state index contributed by atoms with van der Waals surface area (Å²) >= 11 is 0. The summed E-state index contributed by atoms with van der Waals surface area (Å²) in [6.07, 6.45) is 4.76. The third-order valence-corrected chi connectivity index (χ3v) is 6.45.